The first kappa shape index (κ1) is 16.3. The smallest absolute Gasteiger partial charge is 0.371 e. The second-order valence-electron chi connectivity index (χ2n) is 5.29. The molecule has 0 unspecified atom stereocenters. The molecular formula is C18H17NO4. The van der Waals surface area contributed by atoms with Gasteiger partial charge in [0.1, 0.15) is 0 Å². The summed E-state index contributed by atoms with van der Waals surface area (Å²) in [6.07, 6.45) is 7.38. The number of carbonyl (C=O) groups is 2. The molecule has 0 fully saturated rings. The minimum absolute atomic E-state index is 0.594. The van der Waals surface area contributed by atoms with E-state index in [1.54, 1.807) is 6.08 Å². The van der Waals surface area contributed by atoms with Gasteiger partial charge in [0.05, 0.1) is 5.52 Å². The van der Waals surface area contributed by atoms with E-state index in [9.17, 15) is 9.59 Å². The van der Waals surface area contributed by atoms with Crippen molar-refractivity contribution in [3.63, 3.8) is 0 Å². The average Bonchev–Trinajstić information content (AvgIpc) is 2.82. The fourth-order valence-corrected chi connectivity index (χ4v) is 2.17. The molecule has 1 heterocycles. The molecule has 1 aromatic heterocycles. The maximum Gasteiger partial charge on any atom is 0.371 e. The molecular weight excluding hydrogens is 294 g/mol. The number of aromatic nitrogens is 1. The van der Waals surface area contributed by atoms with Crippen molar-refractivity contribution >= 4 is 34.9 Å². The van der Waals surface area contributed by atoms with Crippen LogP contribution in [0.1, 0.15) is 19.4 Å². The van der Waals surface area contributed by atoms with E-state index in [1.807, 2.05) is 55.1 Å². The minimum Gasteiger partial charge on any atom is -0.502 e. The Labute approximate surface area is 133 Å². The van der Waals surface area contributed by atoms with Crippen LogP contribution in [0.25, 0.3) is 23.2 Å². The number of carboxylic acids is 1. The Kier molecular flexibility index (Phi) is 4.81. The largest absolute Gasteiger partial charge is 0.502 e. The number of carboxylic acid groups (broad SMARTS) is 1. The van der Waals surface area contributed by atoms with Crippen LogP contribution in [0.3, 0.4) is 0 Å². The maximum atomic E-state index is 11.6. The molecule has 2 N–H and O–H groups in total. The van der Waals surface area contributed by atoms with Crippen molar-refractivity contribution in [2.45, 2.75) is 13.8 Å². The van der Waals surface area contributed by atoms with E-state index in [0.29, 0.717) is 6.08 Å². The lowest BCUT2D eigenvalue weighted by Gasteiger charge is -1.98. The molecule has 0 aliphatic rings. The summed E-state index contributed by atoms with van der Waals surface area (Å²) >= 11 is 0. The number of nitrogens with zero attached hydrogens (tertiary/aromatic N) is 1. The van der Waals surface area contributed by atoms with Crippen LogP contribution in [-0.2, 0) is 9.59 Å². The number of aliphatic hydroxyl groups excluding tert-OH is 1. The summed E-state index contributed by atoms with van der Waals surface area (Å²) in [5, 5.41) is 18.6. The molecule has 0 aliphatic heterocycles. The van der Waals surface area contributed by atoms with Gasteiger partial charge in [-0.3, -0.25) is 4.79 Å². The number of aliphatic carboxylic acids is 1. The van der Waals surface area contributed by atoms with Crippen molar-refractivity contribution in [3.8, 4) is 0 Å². The molecule has 2 aromatic rings. The predicted molar refractivity (Wildman–Crippen MR) is 89.9 cm³/mol. The number of aliphatic hydroxyl groups is 1. The van der Waals surface area contributed by atoms with Gasteiger partial charge in [0.2, 0.25) is 5.76 Å². The van der Waals surface area contributed by atoms with Gasteiger partial charge in [-0.05, 0) is 32.1 Å². The number of para-hydroxylation sites is 1. The van der Waals surface area contributed by atoms with Crippen LogP contribution < -0.4 is 0 Å². The molecule has 0 radical (unpaired) electrons. The van der Waals surface area contributed by atoms with Crippen LogP contribution in [0.15, 0.2) is 53.9 Å². The normalized spacial score (nSPS) is 11.8. The summed E-state index contributed by atoms with van der Waals surface area (Å²) < 4.78 is 1.97. The lowest BCUT2D eigenvalue weighted by molar-refractivity contribution is -0.135. The third-order valence-electron chi connectivity index (χ3n) is 3.09. The summed E-state index contributed by atoms with van der Waals surface area (Å²) in [7, 11) is 0. The summed E-state index contributed by atoms with van der Waals surface area (Å²) in [5.74, 6) is -3.11. The van der Waals surface area contributed by atoms with E-state index < -0.39 is 17.5 Å². The first-order valence-corrected chi connectivity index (χ1v) is 6.99. The minimum atomic E-state index is -1.54. The van der Waals surface area contributed by atoms with E-state index in [0.717, 1.165) is 22.0 Å². The fraction of sp³-hybridized carbons (Fsp3) is 0.111. The molecule has 5 heteroatoms. The standard InChI is InChI=1S/C18H17NO4/c1-12(2)10-19-11-13(15-5-3-4-6-16(15)19)7-8-14(20)9-17(21)18(22)23/h3-11,21H,1-2H3,(H,22,23)/b8-7+,17-9-. The third kappa shape index (κ3) is 3.97. The Bertz CT molecular complexity index is 849. The Balaban J connectivity index is 2.39. The van der Waals surface area contributed by atoms with Gasteiger partial charge < -0.3 is 14.8 Å². The van der Waals surface area contributed by atoms with E-state index in [1.165, 1.54) is 6.08 Å². The van der Waals surface area contributed by atoms with Crippen LogP contribution in [0.4, 0.5) is 0 Å². The van der Waals surface area contributed by atoms with Gasteiger partial charge in [-0.15, -0.1) is 0 Å². The van der Waals surface area contributed by atoms with Crippen molar-refractivity contribution in [1.82, 2.24) is 4.57 Å². The van der Waals surface area contributed by atoms with Gasteiger partial charge >= 0.3 is 5.97 Å². The Morgan fingerprint density at radius 3 is 2.48 bits per heavy atom. The van der Waals surface area contributed by atoms with Crippen LogP contribution >= 0.6 is 0 Å². The van der Waals surface area contributed by atoms with Gasteiger partial charge in [0, 0.05) is 29.4 Å². The van der Waals surface area contributed by atoms with Gasteiger partial charge in [0.15, 0.2) is 5.78 Å². The second-order valence-corrected chi connectivity index (χ2v) is 5.29. The average molecular weight is 311 g/mol. The van der Waals surface area contributed by atoms with Gasteiger partial charge in [-0.2, -0.15) is 0 Å². The molecule has 0 saturated heterocycles. The molecule has 1 aromatic carbocycles. The summed E-state index contributed by atoms with van der Waals surface area (Å²) in [6, 6.07) is 7.76. The quantitative estimate of drug-likeness (QED) is 0.653. The third-order valence-corrected chi connectivity index (χ3v) is 3.09. The Morgan fingerprint density at radius 1 is 1.13 bits per heavy atom. The van der Waals surface area contributed by atoms with Crippen molar-refractivity contribution < 1.29 is 19.8 Å². The summed E-state index contributed by atoms with van der Waals surface area (Å²) in [6.45, 7) is 3.99. The van der Waals surface area contributed by atoms with Crippen molar-refractivity contribution in [1.29, 1.82) is 0 Å². The first-order chi connectivity index (χ1) is 10.9. The maximum absolute atomic E-state index is 11.6. The van der Waals surface area contributed by atoms with Crippen LogP contribution in [0.5, 0.6) is 0 Å². The van der Waals surface area contributed by atoms with Crippen LogP contribution in [-0.4, -0.2) is 26.5 Å². The van der Waals surface area contributed by atoms with Gasteiger partial charge in [0.25, 0.3) is 0 Å². The van der Waals surface area contributed by atoms with E-state index >= 15 is 0 Å². The highest BCUT2D eigenvalue weighted by Gasteiger charge is 2.07. The number of carbonyl (C=O) groups excluding carboxylic acids is 1. The molecule has 23 heavy (non-hydrogen) atoms. The Hall–Kier alpha value is -3.08. The zero-order valence-corrected chi connectivity index (χ0v) is 12.9. The number of benzene rings is 1. The Morgan fingerprint density at radius 2 is 1.83 bits per heavy atom. The lowest BCUT2D eigenvalue weighted by atomic mass is 10.1. The van der Waals surface area contributed by atoms with Crippen LogP contribution in [0.2, 0.25) is 0 Å². The summed E-state index contributed by atoms with van der Waals surface area (Å²) in [4.78, 5) is 22.1. The highest BCUT2D eigenvalue weighted by atomic mass is 16.4. The predicted octanol–water partition coefficient (Wildman–Crippen LogP) is 3.63. The molecule has 0 aliphatic carbocycles. The monoisotopic (exact) mass is 311 g/mol. The molecule has 0 atom stereocenters. The molecule has 118 valence electrons. The molecule has 5 nitrogen and oxygen atoms in total. The zero-order valence-electron chi connectivity index (χ0n) is 12.9. The van der Waals surface area contributed by atoms with Crippen molar-refractivity contribution in [2.75, 3.05) is 0 Å². The lowest BCUT2D eigenvalue weighted by Crippen LogP contribution is -2.01. The van der Waals surface area contributed by atoms with Gasteiger partial charge in [-0.1, -0.05) is 23.8 Å². The van der Waals surface area contributed by atoms with Gasteiger partial charge in [-0.25, -0.2) is 4.79 Å². The zero-order chi connectivity index (χ0) is 17.0. The first-order valence-electron chi connectivity index (χ1n) is 6.99. The topological polar surface area (TPSA) is 79.5 Å². The number of hydrogen-bond acceptors (Lipinski definition) is 3. The van der Waals surface area contributed by atoms with E-state index in [-0.39, 0.29) is 0 Å². The highest BCUT2D eigenvalue weighted by molar-refractivity contribution is 6.06. The number of rotatable bonds is 5. The highest BCUT2D eigenvalue weighted by Crippen LogP contribution is 2.23. The number of allylic oxidation sites excluding steroid dienone is 3. The molecule has 0 amide bonds. The second kappa shape index (κ2) is 6.79. The van der Waals surface area contributed by atoms with Crippen molar-refractivity contribution in [3.05, 3.63) is 59.5 Å². The SMILES string of the molecule is CC(C)=Cn1cc(/C=C/C(=O)/C=C(\O)C(=O)O)c2ccccc21. The van der Waals surface area contributed by atoms with E-state index in [4.69, 9.17) is 10.2 Å². The van der Waals surface area contributed by atoms with Crippen molar-refractivity contribution in [2.24, 2.45) is 0 Å². The van der Waals surface area contributed by atoms with Crippen LogP contribution in [0, 0.1) is 0 Å². The number of hydrogen-bond donors (Lipinski definition) is 2. The fourth-order valence-electron chi connectivity index (χ4n) is 2.17. The molecule has 0 bridgehead atoms. The summed E-state index contributed by atoms with van der Waals surface area (Å²) in [5.41, 5.74) is 2.96. The molecule has 0 saturated carbocycles. The molecule has 2 rings (SSSR count). The van der Waals surface area contributed by atoms with E-state index in [2.05, 4.69) is 0 Å². The number of fused-ring (bicyclic) bond motifs is 1. The molecule has 0 spiro atoms. The number of ketones is 1.